The van der Waals surface area contributed by atoms with Crippen molar-refractivity contribution in [3.05, 3.63) is 69.7 Å². The number of ketones is 3. The van der Waals surface area contributed by atoms with Gasteiger partial charge in [-0.15, -0.1) is 0 Å². The highest BCUT2D eigenvalue weighted by Crippen LogP contribution is 2.17. The molecule has 0 aliphatic carbocycles. The summed E-state index contributed by atoms with van der Waals surface area (Å²) in [5.41, 5.74) is 0.680. The van der Waals surface area contributed by atoms with E-state index in [2.05, 4.69) is 0 Å². The van der Waals surface area contributed by atoms with Crippen molar-refractivity contribution in [3.63, 3.8) is 0 Å². The summed E-state index contributed by atoms with van der Waals surface area (Å²) in [5, 5.41) is 0.807. The molecule has 0 spiro atoms. The largest absolute Gasteiger partial charge is 0.299 e. The van der Waals surface area contributed by atoms with Gasteiger partial charge in [0.05, 0.1) is 17.9 Å². The van der Waals surface area contributed by atoms with E-state index in [1.54, 1.807) is 48.5 Å². The Labute approximate surface area is 137 Å². The van der Waals surface area contributed by atoms with Crippen LogP contribution in [-0.2, 0) is 4.79 Å². The standard InChI is InChI=1S/C17H12Cl2O3/c18-12-7-5-11(6-8-12)16(21)9-13(20)10-17(22)14-3-1-2-4-15(14)19/h1-8H,9-10H2. The predicted octanol–water partition coefficient (Wildman–Crippen LogP) is 4.41. The molecule has 0 aliphatic heterocycles. The molecule has 0 aliphatic rings. The number of halogens is 2. The van der Waals surface area contributed by atoms with Crippen molar-refractivity contribution < 1.29 is 14.4 Å². The molecule has 0 saturated carbocycles. The molecular weight excluding hydrogens is 323 g/mol. The average Bonchev–Trinajstić information content (AvgIpc) is 2.48. The first-order chi connectivity index (χ1) is 10.5. The molecule has 0 saturated heterocycles. The van der Waals surface area contributed by atoms with Gasteiger partial charge in [-0.05, 0) is 36.4 Å². The van der Waals surface area contributed by atoms with Crippen LogP contribution < -0.4 is 0 Å². The highest BCUT2D eigenvalue weighted by molar-refractivity contribution is 6.34. The SMILES string of the molecule is O=C(CC(=O)c1ccc(Cl)cc1)CC(=O)c1ccccc1Cl. The zero-order valence-electron chi connectivity index (χ0n) is 11.5. The minimum atomic E-state index is -0.440. The number of rotatable bonds is 6. The summed E-state index contributed by atoms with van der Waals surface area (Å²) >= 11 is 11.6. The molecule has 2 aromatic rings. The Morgan fingerprint density at radius 2 is 1.36 bits per heavy atom. The molecule has 2 aromatic carbocycles. The van der Waals surface area contributed by atoms with Gasteiger partial charge >= 0.3 is 0 Å². The summed E-state index contributed by atoms with van der Waals surface area (Å²) in [4.78, 5) is 35.8. The lowest BCUT2D eigenvalue weighted by molar-refractivity contribution is -0.117. The van der Waals surface area contributed by atoms with E-state index in [1.807, 2.05) is 0 Å². The summed E-state index contributed by atoms with van der Waals surface area (Å²) in [6.07, 6.45) is -0.666. The van der Waals surface area contributed by atoms with Gasteiger partial charge in [0.1, 0.15) is 5.78 Å². The van der Waals surface area contributed by atoms with Crippen LogP contribution in [0.3, 0.4) is 0 Å². The van der Waals surface area contributed by atoms with Gasteiger partial charge in [0, 0.05) is 16.1 Å². The fraction of sp³-hybridized carbons (Fsp3) is 0.118. The van der Waals surface area contributed by atoms with E-state index in [4.69, 9.17) is 23.2 Å². The van der Waals surface area contributed by atoms with E-state index in [9.17, 15) is 14.4 Å². The zero-order chi connectivity index (χ0) is 16.1. The second kappa shape index (κ2) is 7.34. The molecule has 0 aromatic heterocycles. The Bertz CT molecular complexity index is 721. The quantitative estimate of drug-likeness (QED) is 0.580. The first kappa shape index (κ1) is 16.4. The minimum Gasteiger partial charge on any atom is -0.299 e. The maximum absolute atomic E-state index is 12.0. The highest BCUT2D eigenvalue weighted by atomic mass is 35.5. The van der Waals surface area contributed by atoms with E-state index in [0.29, 0.717) is 15.6 Å². The van der Waals surface area contributed by atoms with Crippen LogP contribution in [0.1, 0.15) is 33.6 Å². The van der Waals surface area contributed by atoms with Crippen LogP contribution in [0.4, 0.5) is 0 Å². The van der Waals surface area contributed by atoms with E-state index < -0.39 is 5.78 Å². The predicted molar refractivity (Wildman–Crippen MR) is 85.8 cm³/mol. The Balaban J connectivity index is 1.98. The van der Waals surface area contributed by atoms with Gasteiger partial charge in [0.2, 0.25) is 0 Å². The van der Waals surface area contributed by atoms with Crippen LogP contribution in [0.2, 0.25) is 10.0 Å². The first-order valence-electron chi connectivity index (χ1n) is 6.55. The number of Topliss-reactive ketones (excluding diaryl/α,β-unsaturated/α-hetero) is 3. The van der Waals surface area contributed by atoms with Gasteiger partial charge in [-0.3, -0.25) is 14.4 Å². The van der Waals surface area contributed by atoms with E-state index in [0.717, 1.165) is 0 Å². The van der Waals surface area contributed by atoms with Crippen LogP contribution in [0.5, 0.6) is 0 Å². The van der Waals surface area contributed by atoms with Gasteiger partial charge in [-0.2, -0.15) is 0 Å². The van der Waals surface area contributed by atoms with Crippen LogP contribution in [0.25, 0.3) is 0 Å². The molecule has 0 heterocycles. The van der Waals surface area contributed by atoms with Gasteiger partial charge in [-0.1, -0.05) is 35.3 Å². The molecule has 112 valence electrons. The summed E-state index contributed by atoms with van der Waals surface area (Å²) < 4.78 is 0. The number of hydrogen-bond acceptors (Lipinski definition) is 3. The van der Waals surface area contributed by atoms with Crippen LogP contribution in [-0.4, -0.2) is 17.3 Å². The molecule has 0 N–H and O–H groups in total. The van der Waals surface area contributed by atoms with Crippen LogP contribution in [0, 0.1) is 0 Å². The molecule has 5 heteroatoms. The zero-order valence-corrected chi connectivity index (χ0v) is 13.0. The van der Waals surface area contributed by atoms with Crippen molar-refractivity contribution in [2.24, 2.45) is 0 Å². The van der Waals surface area contributed by atoms with Crippen molar-refractivity contribution >= 4 is 40.6 Å². The van der Waals surface area contributed by atoms with E-state index >= 15 is 0 Å². The van der Waals surface area contributed by atoms with Gasteiger partial charge in [0.25, 0.3) is 0 Å². The summed E-state index contributed by atoms with van der Waals surface area (Å²) in [7, 11) is 0. The van der Waals surface area contributed by atoms with Crippen molar-refractivity contribution in [1.29, 1.82) is 0 Å². The first-order valence-corrected chi connectivity index (χ1v) is 7.31. The van der Waals surface area contributed by atoms with Crippen LogP contribution >= 0.6 is 23.2 Å². The third kappa shape index (κ3) is 4.26. The van der Waals surface area contributed by atoms with Gasteiger partial charge in [0.15, 0.2) is 11.6 Å². The van der Waals surface area contributed by atoms with E-state index in [1.165, 1.54) is 0 Å². The smallest absolute Gasteiger partial charge is 0.171 e. The fourth-order valence-electron chi connectivity index (χ4n) is 1.94. The molecule has 0 bridgehead atoms. The third-order valence-corrected chi connectivity index (χ3v) is 3.64. The molecule has 2 rings (SSSR count). The normalized spacial score (nSPS) is 10.3. The Kier molecular flexibility index (Phi) is 5.47. The molecule has 22 heavy (non-hydrogen) atoms. The second-order valence-corrected chi connectivity index (χ2v) is 5.57. The summed E-state index contributed by atoms with van der Waals surface area (Å²) in [5.74, 6) is -1.17. The second-order valence-electron chi connectivity index (χ2n) is 4.73. The van der Waals surface area contributed by atoms with Gasteiger partial charge < -0.3 is 0 Å². The highest BCUT2D eigenvalue weighted by Gasteiger charge is 2.17. The minimum absolute atomic E-state index is 0.288. The lowest BCUT2D eigenvalue weighted by Crippen LogP contribution is -2.13. The van der Waals surface area contributed by atoms with E-state index in [-0.39, 0.29) is 30.0 Å². The number of carbonyl (C=O) groups excluding carboxylic acids is 3. The summed E-state index contributed by atoms with van der Waals surface area (Å²) in [6.45, 7) is 0. The molecule has 3 nitrogen and oxygen atoms in total. The molecule has 0 unspecified atom stereocenters. The summed E-state index contributed by atoms with van der Waals surface area (Å²) in [6, 6.07) is 12.8. The molecule has 0 fully saturated rings. The van der Waals surface area contributed by atoms with Crippen molar-refractivity contribution in [2.75, 3.05) is 0 Å². The average molecular weight is 335 g/mol. The Morgan fingerprint density at radius 1 is 0.773 bits per heavy atom. The molecule has 0 atom stereocenters. The molecular formula is C17H12Cl2O3. The molecule has 0 radical (unpaired) electrons. The lowest BCUT2D eigenvalue weighted by atomic mass is 10.0. The van der Waals surface area contributed by atoms with Crippen LogP contribution in [0.15, 0.2) is 48.5 Å². The van der Waals surface area contributed by atoms with Gasteiger partial charge in [-0.25, -0.2) is 0 Å². The number of carbonyl (C=O) groups is 3. The molecule has 0 amide bonds. The fourth-order valence-corrected chi connectivity index (χ4v) is 2.31. The van der Waals surface area contributed by atoms with Crippen molar-refractivity contribution in [3.8, 4) is 0 Å². The number of benzene rings is 2. The lowest BCUT2D eigenvalue weighted by Gasteiger charge is -2.03. The van der Waals surface area contributed by atoms with Crippen molar-refractivity contribution in [1.82, 2.24) is 0 Å². The Morgan fingerprint density at radius 3 is 2.00 bits per heavy atom. The third-order valence-electron chi connectivity index (χ3n) is 3.06. The number of hydrogen-bond donors (Lipinski definition) is 0. The van der Waals surface area contributed by atoms with Crippen molar-refractivity contribution in [2.45, 2.75) is 12.8 Å². The maximum atomic E-state index is 12.0. The Hall–Kier alpha value is -1.97. The maximum Gasteiger partial charge on any atom is 0.171 e. The topological polar surface area (TPSA) is 51.2 Å². The monoisotopic (exact) mass is 334 g/mol.